The van der Waals surface area contributed by atoms with Crippen molar-refractivity contribution in [3.8, 4) is 0 Å². The highest BCUT2D eigenvalue weighted by molar-refractivity contribution is 4.79. The number of likely N-dealkylation sites (tertiary alicyclic amines) is 1. The molecular weight excluding hydrogens is 210 g/mol. The summed E-state index contributed by atoms with van der Waals surface area (Å²) in [5.74, 6) is 2.45. The minimum absolute atomic E-state index is 0.105. The summed E-state index contributed by atoms with van der Waals surface area (Å²) < 4.78 is 0. The molecular formula is C15H29NO. The first-order chi connectivity index (χ1) is 8.15. The molecule has 3 atom stereocenters. The van der Waals surface area contributed by atoms with Crippen LogP contribution in [0.1, 0.15) is 52.4 Å². The molecule has 0 amide bonds. The van der Waals surface area contributed by atoms with E-state index in [1.807, 2.05) is 6.92 Å². The van der Waals surface area contributed by atoms with Gasteiger partial charge in [-0.25, -0.2) is 0 Å². The topological polar surface area (TPSA) is 23.5 Å². The highest BCUT2D eigenvalue weighted by atomic mass is 16.3. The molecule has 2 heteroatoms. The van der Waals surface area contributed by atoms with Crippen molar-refractivity contribution in [1.29, 1.82) is 0 Å². The van der Waals surface area contributed by atoms with Crippen LogP contribution in [0.3, 0.4) is 0 Å². The Kier molecular flexibility index (Phi) is 4.87. The fourth-order valence-corrected chi connectivity index (χ4v) is 3.71. The van der Waals surface area contributed by atoms with E-state index in [1.165, 1.54) is 58.2 Å². The summed E-state index contributed by atoms with van der Waals surface area (Å²) in [5.41, 5.74) is 0. The van der Waals surface area contributed by atoms with Crippen LogP contribution in [0.4, 0.5) is 0 Å². The van der Waals surface area contributed by atoms with Crippen LogP contribution in [-0.2, 0) is 0 Å². The largest absolute Gasteiger partial charge is 0.393 e. The molecule has 3 unspecified atom stereocenters. The van der Waals surface area contributed by atoms with Gasteiger partial charge in [0.25, 0.3) is 0 Å². The lowest BCUT2D eigenvalue weighted by atomic mass is 9.81. The first-order valence-electron chi connectivity index (χ1n) is 7.55. The van der Waals surface area contributed by atoms with E-state index in [0.717, 1.165) is 11.8 Å². The molecule has 1 aliphatic carbocycles. The van der Waals surface area contributed by atoms with E-state index in [4.69, 9.17) is 0 Å². The highest BCUT2D eigenvalue weighted by Crippen LogP contribution is 2.30. The average molecular weight is 239 g/mol. The van der Waals surface area contributed by atoms with Crippen molar-refractivity contribution in [2.24, 2.45) is 17.8 Å². The van der Waals surface area contributed by atoms with E-state index in [1.54, 1.807) is 0 Å². The fourth-order valence-electron chi connectivity index (χ4n) is 3.71. The van der Waals surface area contributed by atoms with E-state index in [2.05, 4.69) is 11.8 Å². The molecule has 1 N–H and O–H groups in total. The van der Waals surface area contributed by atoms with Gasteiger partial charge in [0.2, 0.25) is 0 Å². The minimum Gasteiger partial charge on any atom is -0.393 e. The van der Waals surface area contributed by atoms with Crippen molar-refractivity contribution in [2.45, 2.75) is 58.5 Å². The Balaban J connectivity index is 1.70. The Labute approximate surface area is 106 Å². The summed E-state index contributed by atoms with van der Waals surface area (Å²) in [6.07, 6.45) is 8.06. The summed E-state index contributed by atoms with van der Waals surface area (Å²) in [7, 11) is 0. The maximum Gasteiger partial charge on any atom is 0.0541 e. The summed E-state index contributed by atoms with van der Waals surface area (Å²) >= 11 is 0. The molecule has 0 aromatic carbocycles. The van der Waals surface area contributed by atoms with Crippen molar-refractivity contribution in [1.82, 2.24) is 4.90 Å². The van der Waals surface area contributed by atoms with Gasteiger partial charge in [0.15, 0.2) is 0 Å². The van der Waals surface area contributed by atoms with Crippen molar-refractivity contribution >= 4 is 0 Å². The van der Waals surface area contributed by atoms with Gasteiger partial charge in [-0.05, 0) is 63.5 Å². The van der Waals surface area contributed by atoms with Crippen molar-refractivity contribution in [3.05, 3.63) is 0 Å². The average Bonchev–Trinajstić information content (AvgIpc) is 2.29. The van der Waals surface area contributed by atoms with Crippen molar-refractivity contribution in [3.63, 3.8) is 0 Å². The first-order valence-corrected chi connectivity index (χ1v) is 7.55. The minimum atomic E-state index is -0.105. The number of piperidine rings is 1. The quantitative estimate of drug-likeness (QED) is 0.818. The highest BCUT2D eigenvalue weighted by Gasteiger charge is 2.26. The van der Waals surface area contributed by atoms with Gasteiger partial charge in [-0.15, -0.1) is 0 Å². The number of aliphatic hydroxyl groups excluding tert-OH is 1. The molecule has 0 bridgehead atoms. The van der Waals surface area contributed by atoms with Gasteiger partial charge in [0.05, 0.1) is 6.10 Å². The molecule has 17 heavy (non-hydrogen) atoms. The van der Waals surface area contributed by atoms with Crippen molar-refractivity contribution in [2.75, 3.05) is 19.6 Å². The van der Waals surface area contributed by atoms with Crippen LogP contribution in [0.5, 0.6) is 0 Å². The van der Waals surface area contributed by atoms with E-state index in [-0.39, 0.29) is 6.10 Å². The summed E-state index contributed by atoms with van der Waals surface area (Å²) in [6, 6.07) is 0. The standard InChI is InChI=1S/C15H29NO/c1-12-4-3-5-14(10-12)11-16-8-6-15(7-9-16)13(2)17/h12-15,17H,3-11H2,1-2H3. The van der Waals surface area contributed by atoms with Crippen LogP contribution in [-0.4, -0.2) is 35.7 Å². The molecule has 100 valence electrons. The molecule has 0 aromatic rings. The van der Waals surface area contributed by atoms with E-state index in [9.17, 15) is 5.11 Å². The zero-order valence-electron chi connectivity index (χ0n) is 11.6. The maximum absolute atomic E-state index is 9.60. The molecule has 0 aromatic heterocycles. The SMILES string of the molecule is CC1CCCC(CN2CCC(C(C)O)CC2)C1. The third-order valence-electron chi connectivity index (χ3n) is 4.88. The molecule has 2 rings (SSSR count). The molecule has 0 spiro atoms. The van der Waals surface area contributed by atoms with Gasteiger partial charge in [0, 0.05) is 6.54 Å². The Morgan fingerprint density at radius 2 is 1.88 bits per heavy atom. The number of rotatable bonds is 3. The third-order valence-corrected chi connectivity index (χ3v) is 4.88. The lowest BCUT2D eigenvalue weighted by molar-refractivity contribution is 0.0619. The lowest BCUT2D eigenvalue weighted by Crippen LogP contribution is -2.40. The molecule has 0 radical (unpaired) electrons. The Morgan fingerprint density at radius 3 is 2.47 bits per heavy atom. The molecule has 1 heterocycles. The third kappa shape index (κ3) is 3.96. The van der Waals surface area contributed by atoms with E-state index in [0.29, 0.717) is 5.92 Å². The van der Waals surface area contributed by atoms with E-state index < -0.39 is 0 Å². The van der Waals surface area contributed by atoms with Crippen LogP contribution in [0, 0.1) is 17.8 Å². The predicted octanol–water partition coefficient (Wildman–Crippen LogP) is 2.91. The van der Waals surface area contributed by atoms with Gasteiger partial charge in [-0.2, -0.15) is 0 Å². The zero-order valence-corrected chi connectivity index (χ0v) is 11.6. The number of aliphatic hydroxyl groups is 1. The number of hydrogen-bond donors (Lipinski definition) is 1. The first kappa shape index (κ1) is 13.4. The van der Waals surface area contributed by atoms with Gasteiger partial charge in [0.1, 0.15) is 0 Å². The van der Waals surface area contributed by atoms with Gasteiger partial charge in [-0.1, -0.05) is 19.8 Å². The second kappa shape index (κ2) is 6.19. The normalized spacial score (nSPS) is 34.8. The second-order valence-electron chi connectivity index (χ2n) is 6.52. The molecule has 2 aliphatic rings. The van der Waals surface area contributed by atoms with Gasteiger partial charge < -0.3 is 10.0 Å². The molecule has 1 aliphatic heterocycles. The monoisotopic (exact) mass is 239 g/mol. The van der Waals surface area contributed by atoms with Crippen LogP contribution in [0.2, 0.25) is 0 Å². The van der Waals surface area contributed by atoms with Gasteiger partial charge in [-0.3, -0.25) is 0 Å². The Bertz CT molecular complexity index is 221. The maximum atomic E-state index is 9.60. The number of nitrogens with zero attached hydrogens (tertiary/aromatic N) is 1. The van der Waals surface area contributed by atoms with E-state index >= 15 is 0 Å². The van der Waals surface area contributed by atoms with Crippen LogP contribution < -0.4 is 0 Å². The molecule has 2 nitrogen and oxygen atoms in total. The smallest absolute Gasteiger partial charge is 0.0541 e. The zero-order chi connectivity index (χ0) is 12.3. The predicted molar refractivity (Wildman–Crippen MR) is 72.0 cm³/mol. The van der Waals surface area contributed by atoms with Crippen LogP contribution >= 0.6 is 0 Å². The fraction of sp³-hybridized carbons (Fsp3) is 1.00. The second-order valence-corrected chi connectivity index (χ2v) is 6.52. The number of hydrogen-bond acceptors (Lipinski definition) is 2. The van der Waals surface area contributed by atoms with Crippen LogP contribution in [0.15, 0.2) is 0 Å². The Hall–Kier alpha value is -0.0800. The summed E-state index contributed by atoms with van der Waals surface area (Å²) in [4.78, 5) is 2.64. The summed E-state index contributed by atoms with van der Waals surface area (Å²) in [5, 5.41) is 9.60. The molecule has 2 fully saturated rings. The van der Waals surface area contributed by atoms with Crippen molar-refractivity contribution < 1.29 is 5.11 Å². The summed E-state index contributed by atoms with van der Waals surface area (Å²) in [6.45, 7) is 8.09. The molecule has 1 saturated carbocycles. The molecule has 1 saturated heterocycles. The van der Waals surface area contributed by atoms with Crippen LogP contribution in [0.25, 0.3) is 0 Å². The van der Waals surface area contributed by atoms with Gasteiger partial charge >= 0.3 is 0 Å². The Morgan fingerprint density at radius 1 is 1.18 bits per heavy atom. The lowest BCUT2D eigenvalue weighted by Gasteiger charge is -2.37.